The largest absolute Gasteiger partial charge is 0.478 e. The minimum Gasteiger partial charge on any atom is -0.478 e. The first kappa shape index (κ1) is 18.4. The first-order valence-corrected chi connectivity index (χ1v) is 8.69. The Morgan fingerprint density at radius 1 is 1.19 bits per heavy atom. The topological polar surface area (TPSA) is 77.2 Å². The molecule has 3 rings (SSSR count). The van der Waals surface area contributed by atoms with Crippen molar-refractivity contribution in [1.82, 2.24) is 14.8 Å². The number of rotatable bonds is 7. The van der Waals surface area contributed by atoms with Crippen molar-refractivity contribution in [3.63, 3.8) is 0 Å². The van der Waals surface area contributed by atoms with Crippen molar-refractivity contribution in [3.8, 4) is 17.1 Å². The first-order chi connectivity index (χ1) is 13.1. The van der Waals surface area contributed by atoms with Crippen molar-refractivity contribution < 1.29 is 14.6 Å². The van der Waals surface area contributed by atoms with Crippen LogP contribution >= 0.6 is 0 Å². The molecule has 0 aliphatic carbocycles. The highest BCUT2D eigenvalue weighted by molar-refractivity contribution is 5.95. The molecule has 6 heteroatoms. The number of carboxylic acid groups (broad SMARTS) is 1. The van der Waals surface area contributed by atoms with E-state index in [4.69, 9.17) is 4.74 Å². The van der Waals surface area contributed by atoms with Gasteiger partial charge in [0.2, 0.25) is 0 Å². The molecule has 0 saturated carbocycles. The molecule has 1 aromatic heterocycles. The Morgan fingerprint density at radius 2 is 1.93 bits per heavy atom. The van der Waals surface area contributed by atoms with E-state index >= 15 is 0 Å². The summed E-state index contributed by atoms with van der Waals surface area (Å²) in [6.07, 6.45) is 4.85. The summed E-state index contributed by atoms with van der Waals surface area (Å²) in [5.41, 5.74) is 2.88. The molecule has 0 unspecified atom stereocenters. The molecule has 2 aromatic carbocycles. The van der Waals surface area contributed by atoms with Gasteiger partial charge in [-0.15, -0.1) is 5.10 Å². The molecule has 6 nitrogen and oxygen atoms in total. The quantitative estimate of drug-likeness (QED) is 0.683. The molecular weight excluding hydrogens is 342 g/mol. The molecule has 1 heterocycles. The average Bonchev–Trinajstić information content (AvgIpc) is 3.08. The number of nitrogens with zero attached hydrogens (tertiary/aromatic N) is 3. The normalized spacial score (nSPS) is 11.0. The van der Waals surface area contributed by atoms with E-state index in [1.54, 1.807) is 23.9 Å². The van der Waals surface area contributed by atoms with Crippen LogP contribution in [-0.4, -0.2) is 33.0 Å². The van der Waals surface area contributed by atoms with Gasteiger partial charge in [-0.05, 0) is 35.3 Å². The Balaban J connectivity index is 1.86. The van der Waals surface area contributed by atoms with Crippen molar-refractivity contribution in [2.24, 2.45) is 0 Å². The maximum Gasteiger partial charge on any atom is 0.336 e. The van der Waals surface area contributed by atoms with Crippen LogP contribution in [0.1, 0.15) is 35.1 Å². The van der Waals surface area contributed by atoms with Crippen LogP contribution in [0.2, 0.25) is 0 Å². The first-order valence-electron chi connectivity index (χ1n) is 8.69. The number of aromatic carboxylic acids is 1. The summed E-state index contributed by atoms with van der Waals surface area (Å²) >= 11 is 0. The molecule has 0 aliphatic heterocycles. The summed E-state index contributed by atoms with van der Waals surface area (Å²) in [7, 11) is 1.54. The highest BCUT2D eigenvalue weighted by Crippen LogP contribution is 2.24. The van der Waals surface area contributed by atoms with Gasteiger partial charge in [0.15, 0.2) is 5.82 Å². The average molecular weight is 363 g/mol. The van der Waals surface area contributed by atoms with Crippen LogP contribution in [0.5, 0.6) is 6.01 Å². The number of carbonyl (C=O) groups is 1. The predicted molar refractivity (Wildman–Crippen MR) is 104 cm³/mol. The third-order valence-electron chi connectivity index (χ3n) is 4.12. The number of hydrogen-bond acceptors (Lipinski definition) is 4. The fraction of sp³-hybridized carbons (Fsp3) is 0.190. The lowest BCUT2D eigenvalue weighted by molar-refractivity contribution is 0.0697. The van der Waals surface area contributed by atoms with Gasteiger partial charge in [0.1, 0.15) is 0 Å². The Bertz CT molecular complexity index is 959. The number of allylic oxidation sites excluding steroid dienone is 1. The van der Waals surface area contributed by atoms with E-state index < -0.39 is 5.97 Å². The summed E-state index contributed by atoms with van der Waals surface area (Å²) in [6, 6.07) is 15.1. The van der Waals surface area contributed by atoms with Crippen molar-refractivity contribution in [2.75, 3.05) is 7.11 Å². The number of hydrogen-bond donors (Lipinski definition) is 1. The third kappa shape index (κ3) is 4.23. The van der Waals surface area contributed by atoms with E-state index in [0.717, 1.165) is 23.4 Å². The zero-order valence-corrected chi connectivity index (χ0v) is 15.3. The molecule has 0 fully saturated rings. The summed E-state index contributed by atoms with van der Waals surface area (Å²) in [6.45, 7) is 2.60. The van der Waals surface area contributed by atoms with Crippen LogP contribution in [0.15, 0.2) is 54.6 Å². The fourth-order valence-corrected chi connectivity index (χ4v) is 2.77. The summed E-state index contributed by atoms with van der Waals surface area (Å²) < 4.78 is 6.92. The van der Waals surface area contributed by atoms with Crippen molar-refractivity contribution >= 4 is 12.0 Å². The fourth-order valence-electron chi connectivity index (χ4n) is 2.77. The van der Waals surface area contributed by atoms with Gasteiger partial charge < -0.3 is 9.84 Å². The Morgan fingerprint density at radius 3 is 2.59 bits per heavy atom. The van der Waals surface area contributed by atoms with Gasteiger partial charge in [-0.1, -0.05) is 55.5 Å². The minimum atomic E-state index is -0.934. The van der Waals surface area contributed by atoms with Crippen LogP contribution in [0.3, 0.4) is 0 Å². The van der Waals surface area contributed by atoms with Gasteiger partial charge in [0.25, 0.3) is 0 Å². The summed E-state index contributed by atoms with van der Waals surface area (Å²) in [5.74, 6) is -0.203. The van der Waals surface area contributed by atoms with E-state index in [-0.39, 0.29) is 0 Å². The predicted octanol–water partition coefficient (Wildman–Crippen LogP) is 4.12. The van der Waals surface area contributed by atoms with Crippen LogP contribution in [0.25, 0.3) is 17.2 Å². The number of methoxy groups -OCH3 is 1. The van der Waals surface area contributed by atoms with E-state index in [0.29, 0.717) is 23.7 Å². The zero-order chi connectivity index (χ0) is 19.2. The van der Waals surface area contributed by atoms with Crippen LogP contribution in [0, 0.1) is 0 Å². The van der Waals surface area contributed by atoms with Crippen LogP contribution in [0.4, 0.5) is 0 Å². The summed E-state index contributed by atoms with van der Waals surface area (Å²) in [5, 5.41) is 13.7. The van der Waals surface area contributed by atoms with Gasteiger partial charge in [0, 0.05) is 0 Å². The molecule has 138 valence electrons. The molecule has 0 bridgehead atoms. The lowest BCUT2D eigenvalue weighted by Crippen LogP contribution is -2.04. The van der Waals surface area contributed by atoms with Crippen LogP contribution in [-0.2, 0) is 6.54 Å². The number of carboxylic acids is 1. The van der Waals surface area contributed by atoms with E-state index in [9.17, 15) is 9.90 Å². The molecule has 3 aromatic rings. The monoisotopic (exact) mass is 363 g/mol. The number of aromatic nitrogens is 3. The molecule has 0 spiro atoms. The maximum absolute atomic E-state index is 11.4. The SMILES string of the molecule is CCC=Cc1nc(OC)nn1Cc1ccc(-c2ccccc2C(=O)O)cc1. The maximum atomic E-state index is 11.4. The minimum absolute atomic E-state index is 0.290. The van der Waals surface area contributed by atoms with E-state index in [1.165, 1.54) is 0 Å². The van der Waals surface area contributed by atoms with Gasteiger partial charge in [-0.25, -0.2) is 9.48 Å². The molecule has 0 atom stereocenters. The van der Waals surface area contributed by atoms with E-state index in [2.05, 4.69) is 17.0 Å². The molecular formula is C21H21N3O3. The summed E-state index contributed by atoms with van der Waals surface area (Å²) in [4.78, 5) is 15.8. The number of benzene rings is 2. The standard InChI is InChI=1S/C21H21N3O3/c1-3-4-9-19-22-21(27-2)23-24(19)14-15-10-12-16(13-11-15)17-7-5-6-8-18(17)20(25)26/h4-13H,3,14H2,1-2H3,(H,25,26). The highest BCUT2D eigenvalue weighted by Gasteiger charge is 2.12. The number of ether oxygens (including phenoxy) is 1. The highest BCUT2D eigenvalue weighted by atomic mass is 16.5. The molecule has 1 N–H and O–H groups in total. The Labute approximate surface area is 157 Å². The Kier molecular flexibility index (Phi) is 5.66. The molecule has 0 amide bonds. The molecule has 0 radical (unpaired) electrons. The van der Waals surface area contributed by atoms with Crippen molar-refractivity contribution in [3.05, 3.63) is 71.6 Å². The lowest BCUT2D eigenvalue weighted by Gasteiger charge is -2.08. The second-order valence-electron chi connectivity index (χ2n) is 5.97. The Hall–Kier alpha value is -3.41. The smallest absolute Gasteiger partial charge is 0.336 e. The second-order valence-corrected chi connectivity index (χ2v) is 5.97. The molecule has 0 saturated heterocycles. The van der Waals surface area contributed by atoms with Gasteiger partial charge >= 0.3 is 12.0 Å². The van der Waals surface area contributed by atoms with E-state index in [1.807, 2.05) is 48.6 Å². The molecule has 27 heavy (non-hydrogen) atoms. The van der Waals surface area contributed by atoms with Gasteiger partial charge in [-0.3, -0.25) is 0 Å². The van der Waals surface area contributed by atoms with Gasteiger partial charge in [-0.2, -0.15) is 4.98 Å². The molecule has 0 aliphatic rings. The zero-order valence-electron chi connectivity index (χ0n) is 15.3. The third-order valence-corrected chi connectivity index (χ3v) is 4.12. The van der Waals surface area contributed by atoms with Crippen molar-refractivity contribution in [2.45, 2.75) is 19.9 Å². The van der Waals surface area contributed by atoms with Crippen molar-refractivity contribution in [1.29, 1.82) is 0 Å². The van der Waals surface area contributed by atoms with Crippen LogP contribution < -0.4 is 4.74 Å². The van der Waals surface area contributed by atoms with Gasteiger partial charge in [0.05, 0.1) is 19.2 Å². The second kappa shape index (κ2) is 8.31. The lowest BCUT2D eigenvalue weighted by atomic mass is 9.99.